The molecule has 0 atom stereocenters. The molecule has 0 spiro atoms. The highest BCUT2D eigenvalue weighted by Crippen LogP contribution is 2.04. The molecule has 0 aromatic rings. The molecule has 0 aliphatic carbocycles. The molecule has 90 valence electrons. The summed E-state index contributed by atoms with van der Waals surface area (Å²) in [5.74, 6) is -1.10. The molecular weight excluding hydrogens is 214 g/mol. The first kappa shape index (κ1) is 14.8. The molecule has 1 rings (SSSR count). The van der Waals surface area contributed by atoms with Crippen LogP contribution >= 0.6 is 0 Å². The van der Waals surface area contributed by atoms with Crippen LogP contribution in [0.4, 0.5) is 0 Å². The van der Waals surface area contributed by atoms with Gasteiger partial charge in [0.2, 0.25) is 5.92 Å². The Labute approximate surface area is 103 Å². The van der Waals surface area contributed by atoms with Crippen molar-refractivity contribution >= 4 is 0 Å². The molecule has 0 fully saturated rings. The van der Waals surface area contributed by atoms with Crippen molar-refractivity contribution in [1.29, 1.82) is 15.8 Å². The summed E-state index contributed by atoms with van der Waals surface area (Å²) in [6, 6.07) is 4.44. The fourth-order valence-electron chi connectivity index (χ4n) is 1.18. The third-order valence-corrected chi connectivity index (χ3v) is 2.12. The van der Waals surface area contributed by atoms with Gasteiger partial charge < -0.3 is 9.80 Å². The number of rotatable bonds is 3. The Morgan fingerprint density at radius 2 is 1.76 bits per heavy atom. The standard InChI is InChI=1S/C8H16N2.C4HN3/c1-3-4-5-10-7-6-9(2)8-10;5-1-4(2-6)3-7/h6-7H,3-5,8H2,1-2H3;4H. The molecule has 0 amide bonds. The summed E-state index contributed by atoms with van der Waals surface area (Å²) in [4.78, 5) is 4.53. The predicted molar refractivity (Wildman–Crippen MR) is 63.7 cm³/mol. The minimum Gasteiger partial charge on any atom is -0.362 e. The van der Waals surface area contributed by atoms with E-state index in [-0.39, 0.29) is 0 Å². The average molecular weight is 231 g/mol. The van der Waals surface area contributed by atoms with Crippen LogP contribution in [0.25, 0.3) is 0 Å². The van der Waals surface area contributed by atoms with E-state index in [1.54, 1.807) is 0 Å². The lowest BCUT2D eigenvalue weighted by Gasteiger charge is -2.17. The summed E-state index contributed by atoms with van der Waals surface area (Å²) >= 11 is 0. The quantitative estimate of drug-likeness (QED) is 0.737. The fourth-order valence-corrected chi connectivity index (χ4v) is 1.18. The molecule has 5 heteroatoms. The number of nitriles is 3. The molecule has 1 aliphatic rings. The van der Waals surface area contributed by atoms with Crippen LogP contribution in [0.15, 0.2) is 12.4 Å². The molecular formula is C12H17N5. The maximum atomic E-state index is 7.83. The minimum atomic E-state index is -1.10. The van der Waals surface area contributed by atoms with Gasteiger partial charge in [0, 0.05) is 26.0 Å². The molecule has 0 saturated carbocycles. The zero-order valence-corrected chi connectivity index (χ0v) is 10.3. The summed E-state index contributed by atoms with van der Waals surface area (Å²) < 4.78 is 0. The van der Waals surface area contributed by atoms with Gasteiger partial charge in [-0.15, -0.1) is 0 Å². The lowest BCUT2D eigenvalue weighted by atomic mass is 10.2. The second-order valence-electron chi connectivity index (χ2n) is 3.68. The Morgan fingerprint density at radius 1 is 1.18 bits per heavy atom. The van der Waals surface area contributed by atoms with E-state index in [0.717, 1.165) is 6.67 Å². The highest BCUT2D eigenvalue weighted by atomic mass is 15.3. The van der Waals surface area contributed by atoms with Crippen molar-refractivity contribution in [2.24, 2.45) is 5.92 Å². The van der Waals surface area contributed by atoms with Gasteiger partial charge in [-0.3, -0.25) is 0 Å². The van der Waals surface area contributed by atoms with E-state index >= 15 is 0 Å². The lowest BCUT2D eigenvalue weighted by Crippen LogP contribution is -2.23. The van der Waals surface area contributed by atoms with Gasteiger partial charge in [-0.05, 0) is 6.42 Å². The van der Waals surface area contributed by atoms with Crippen molar-refractivity contribution in [3.8, 4) is 18.2 Å². The molecule has 1 heterocycles. The summed E-state index contributed by atoms with van der Waals surface area (Å²) in [6.07, 6.45) is 6.87. The Bertz CT molecular complexity index is 321. The molecule has 5 nitrogen and oxygen atoms in total. The van der Waals surface area contributed by atoms with E-state index in [9.17, 15) is 0 Å². The number of unbranched alkanes of at least 4 members (excludes halogenated alkanes) is 1. The number of hydrogen-bond acceptors (Lipinski definition) is 5. The van der Waals surface area contributed by atoms with Crippen molar-refractivity contribution in [3.05, 3.63) is 12.4 Å². The first-order valence-electron chi connectivity index (χ1n) is 5.49. The van der Waals surface area contributed by atoms with Gasteiger partial charge in [0.15, 0.2) is 0 Å². The lowest BCUT2D eigenvalue weighted by molar-refractivity contribution is 0.293. The second-order valence-corrected chi connectivity index (χ2v) is 3.68. The number of hydrogen-bond donors (Lipinski definition) is 0. The average Bonchev–Trinajstić information content (AvgIpc) is 2.76. The largest absolute Gasteiger partial charge is 0.362 e. The molecule has 0 aromatic carbocycles. The highest BCUT2D eigenvalue weighted by molar-refractivity contribution is 5.11. The summed E-state index contributed by atoms with van der Waals surface area (Å²) in [7, 11) is 2.10. The van der Waals surface area contributed by atoms with E-state index < -0.39 is 5.92 Å². The number of nitrogens with zero attached hydrogens (tertiary/aromatic N) is 5. The van der Waals surface area contributed by atoms with Crippen molar-refractivity contribution in [3.63, 3.8) is 0 Å². The Balaban J connectivity index is 0.000000325. The normalized spacial score (nSPS) is 12.5. The predicted octanol–water partition coefficient (Wildman–Crippen LogP) is 1.64. The summed E-state index contributed by atoms with van der Waals surface area (Å²) in [6.45, 7) is 4.50. The van der Waals surface area contributed by atoms with Crippen molar-refractivity contribution in [1.82, 2.24) is 9.80 Å². The molecule has 17 heavy (non-hydrogen) atoms. The monoisotopic (exact) mass is 231 g/mol. The smallest absolute Gasteiger partial charge is 0.218 e. The summed E-state index contributed by atoms with van der Waals surface area (Å²) in [5.41, 5.74) is 0. The van der Waals surface area contributed by atoms with Crippen LogP contribution in [-0.2, 0) is 0 Å². The van der Waals surface area contributed by atoms with Gasteiger partial charge in [0.05, 0.1) is 24.9 Å². The van der Waals surface area contributed by atoms with Crippen LogP contribution in [-0.4, -0.2) is 30.1 Å². The van der Waals surface area contributed by atoms with Crippen LogP contribution in [0.3, 0.4) is 0 Å². The molecule has 0 saturated heterocycles. The van der Waals surface area contributed by atoms with Gasteiger partial charge in [0.25, 0.3) is 0 Å². The Morgan fingerprint density at radius 3 is 2.06 bits per heavy atom. The van der Waals surface area contributed by atoms with E-state index in [2.05, 4.69) is 36.2 Å². The second kappa shape index (κ2) is 9.07. The van der Waals surface area contributed by atoms with Crippen LogP contribution in [0, 0.1) is 39.9 Å². The third kappa shape index (κ3) is 6.82. The maximum absolute atomic E-state index is 7.83. The van der Waals surface area contributed by atoms with Crippen molar-refractivity contribution in [2.45, 2.75) is 19.8 Å². The zero-order valence-electron chi connectivity index (χ0n) is 10.3. The van der Waals surface area contributed by atoms with Gasteiger partial charge in [-0.2, -0.15) is 15.8 Å². The topological polar surface area (TPSA) is 77.8 Å². The summed E-state index contributed by atoms with van der Waals surface area (Å²) in [5, 5.41) is 23.5. The first-order chi connectivity index (χ1) is 8.17. The van der Waals surface area contributed by atoms with Crippen LogP contribution in [0.2, 0.25) is 0 Å². The minimum absolute atomic E-state index is 1.07. The van der Waals surface area contributed by atoms with Gasteiger partial charge in [-0.25, -0.2) is 0 Å². The van der Waals surface area contributed by atoms with E-state index in [1.165, 1.54) is 37.6 Å². The zero-order chi connectivity index (χ0) is 13.1. The third-order valence-electron chi connectivity index (χ3n) is 2.12. The van der Waals surface area contributed by atoms with E-state index in [0.29, 0.717) is 0 Å². The van der Waals surface area contributed by atoms with E-state index in [4.69, 9.17) is 15.8 Å². The molecule has 0 N–H and O–H groups in total. The van der Waals surface area contributed by atoms with Gasteiger partial charge in [-0.1, -0.05) is 13.3 Å². The first-order valence-corrected chi connectivity index (χ1v) is 5.49. The van der Waals surface area contributed by atoms with Crippen LogP contribution < -0.4 is 0 Å². The Hall–Kier alpha value is -2.19. The van der Waals surface area contributed by atoms with Crippen LogP contribution in [0.5, 0.6) is 0 Å². The highest BCUT2D eigenvalue weighted by Gasteiger charge is 2.05. The van der Waals surface area contributed by atoms with E-state index in [1.807, 2.05) is 0 Å². The van der Waals surface area contributed by atoms with Gasteiger partial charge >= 0.3 is 0 Å². The molecule has 0 radical (unpaired) electrons. The SMILES string of the molecule is CCCCN1C=CN(C)C1.N#CC(C#N)C#N. The molecule has 1 aliphatic heterocycles. The Kier molecular flexibility index (Phi) is 7.90. The fraction of sp³-hybridized carbons (Fsp3) is 0.583. The van der Waals surface area contributed by atoms with Crippen molar-refractivity contribution < 1.29 is 0 Å². The van der Waals surface area contributed by atoms with Crippen molar-refractivity contribution in [2.75, 3.05) is 20.3 Å². The maximum Gasteiger partial charge on any atom is 0.218 e. The molecule has 0 unspecified atom stereocenters. The molecule has 0 aromatic heterocycles. The molecule has 0 bridgehead atoms. The van der Waals surface area contributed by atoms with Crippen LogP contribution in [0.1, 0.15) is 19.8 Å². The van der Waals surface area contributed by atoms with Gasteiger partial charge in [0.1, 0.15) is 0 Å².